The van der Waals surface area contributed by atoms with E-state index < -0.39 is 0 Å². The average molecular weight is 303 g/mol. The molecule has 0 saturated carbocycles. The van der Waals surface area contributed by atoms with E-state index in [2.05, 4.69) is 29.3 Å². The van der Waals surface area contributed by atoms with Crippen molar-refractivity contribution in [2.75, 3.05) is 39.3 Å². The van der Waals surface area contributed by atoms with Crippen LogP contribution < -0.4 is 5.32 Å². The summed E-state index contributed by atoms with van der Waals surface area (Å²) < 4.78 is 0. The van der Waals surface area contributed by atoms with Crippen LogP contribution in [0.25, 0.3) is 0 Å². The van der Waals surface area contributed by atoms with E-state index in [1.165, 1.54) is 31.4 Å². The molecule has 0 radical (unpaired) electrons. The molecule has 4 nitrogen and oxygen atoms in total. The Bertz CT molecular complexity index is 427. The van der Waals surface area contributed by atoms with Gasteiger partial charge in [-0.2, -0.15) is 0 Å². The number of amides is 2. The zero-order valence-electron chi connectivity index (χ0n) is 13.8. The third-order valence-electron chi connectivity index (χ3n) is 4.27. The zero-order chi connectivity index (χ0) is 15.6. The van der Waals surface area contributed by atoms with Crippen molar-refractivity contribution < 1.29 is 4.79 Å². The normalized spacial score (nSPS) is 15.8. The van der Waals surface area contributed by atoms with Crippen molar-refractivity contribution in [1.82, 2.24) is 15.1 Å². The highest BCUT2D eigenvalue weighted by molar-refractivity contribution is 5.74. The fourth-order valence-corrected chi connectivity index (χ4v) is 2.83. The van der Waals surface area contributed by atoms with Gasteiger partial charge in [0.15, 0.2) is 0 Å². The van der Waals surface area contributed by atoms with Gasteiger partial charge in [-0.25, -0.2) is 4.79 Å². The molecule has 1 aromatic carbocycles. The van der Waals surface area contributed by atoms with Gasteiger partial charge >= 0.3 is 6.03 Å². The van der Waals surface area contributed by atoms with Gasteiger partial charge in [-0.05, 0) is 24.9 Å². The van der Waals surface area contributed by atoms with Gasteiger partial charge in [-0.15, -0.1) is 0 Å². The largest absolute Gasteiger partial charge is 0.338 e. The van der Waals surface area contributed by atoms with E-state index in [1.54, 1.807) is 0 Å². The minimum Gasteiger partial charge on any atom is -0.338 e. The molecule has 1 heterocycles. The summed E-state index contributed by atoms with van der Waals surface area (Å²) in [5.74, 6) is 0. The van der Waals surface area contributed by atoms with Crippen LogP contribution in [-0.4, -0.2) is 55.1 Å². The highest BCUT2D eigenvalue weighted by atomic mass is 16.2. The molecule has 1 aliphatic heterocycles. The summed E-state index contributed by atoms with van der Waals surface area (Å²) in [4.78, 5) is 16.6. The molecule has 122 valence electrons. The maximum atomic E-state index is 12.2. The van der Waals surface area contributed by atoms with Crippen molar-refractivity contribution in [2.45, 2.75) is 32.6 Å². The first-order chi connectivity index (χ1) is 10.8. The van der Waals surface area contributed by atoms with E-state index in [0.29, 0.717) is 6.54 Å². The Hall–Kier alpha value is -1.55. The Morgan fingerprint density at radius 1 is 1.09 bits per heavy atom. The van der Waals surface area contributed by atoms with E-state index >= 15 is 0 Å². The fraction of sp³-hybridized carbons (Fsp3) is 0.611. The number of rotatable bonds is 7. The minimum atomic E-state index is 0.0872. The highest BCUT2D eigenvalue weighted by Crippen LogP contribution is 2.05. The van der Waals surface area contributed by atoms with Gasteiger partial charge in [-0.1, -0.05) is 50.1 Å². The van der Waals surface area contributed by atoms with Gasteiger partial charge in [0.25, 0.3) is 0 Å². The molecule has 1 saturated heterocycles. The lowest BCUT2D eigenvalue weighted by Crippen LogP contribution is -2.52. The molecule has 2 amide bonds. The number of benzene rings is 1. The predicted molar refractivity (Wildman–Crippen MR) is 91.1 cm³/mol. The highest BCUT2D eigenvalue weighted by Gasteiger charge is 2.20. The number of nitrogens with one attached hydrogen (secondary N) is 1. The maximum absolute atomic E-state index is 12.2. The Morgan fingerprint density at radius 3 is 2.50 bits per heavy atom. The zero-order valence-corrected chi connectivity index (χ0v) is 13.8. The Labute approximate surface area is 134 Å². The molecule has 0 atom stereocenters. The first-order valence-corrected chi connectivity index (χ1v) is 8.58. The summed E-state index contributed by atoms with van der Waals surface area (Å²) in [6.45, 7) is 7.84. The smallest absolute Gasteiger partial charge is 0.317 e. The molecular weight excluding hydrogens is 274 g/mol. The third-order valence-corrected chi connectivity index (χ3v) is 4.27. The van der Waals surface area contributed by atoms with Crippen molar-refractivity contribution in [2.24, 2.45) is 0 Å². The summed E-state index contributed by atoms with van der Waals surface area (Å²) in [5, 5.41) is 3.04. The van der Waals surface area contributed by atoms with Crippen LogP contribution in [0.3, 0.4) is 0 Å². The van der Waals surface area contributed by atoms with Crippen molar-refractivity contribution in [3.8, 4) is 0 Å². The van der Waals surface area contributed by atoms with Crippen LogP contribution in [0.2, 0.25) is 0 Å². The van der Waals surface area contributed by atoms with Crippen LogP contribution in [0.15, 0.2) is 30.3 Å². The Morgan fingerprint density at radius 2 is 1.82 bits per heavy atom. The molecule has 22 heavy (non-hydrogen) atoms. The van der Waals surface area contributed by atoms with Crippen molar-refractivity contribution in [3.63, 3.8) is 0 Å². The van der Waals surface area contributed by atoms with E-state index in [4.69, 9.17) is 0 Å². The topological polar surface area (TPSA) is 35.6 Å². The van der Waals surface area contributed by atoms with Crippen LogP contribution >= 0.6 is 0 Å². The second-order valence-corrected chi connectivity index (χ2v) is 6.00. The monoisotopic (exact) mass is 303 g/mol. The summed E-state index contributed by atoms with van der Waals surface area (Å²) in [6, 6.07) is 10.4. The van der Waals surface area contributed by atoms with Crippen LogP contribution in [0.5, 0.6) is 0 Å². The lowest BCUT2D eigenvalue weighted by Gasteiger charge is -2.34. The van der Waals surface area contributed by atoms with E-state index in [0.717, 1.165) is 32.6 Å². The first kappa shape index (κ1) is 16.8. The number of hydrogen-bond acceptors (Lipinski definition) is 2. The second kappa shape index (κ2) is 9.46. The summed E-state index contributed by atoms with van der Waals surface area (Å²) in [6.07, 6.45) is 4.74. The molecule has 1 fully saturated rings. The number of piperazine rings is 1. The molecule has 1 aromatic rings. The van der Waals surface area contributed by atoms with Gasteiger partial charge in [-0.3, -0.25) is 4.90 Å². The maximum Gasteiger partial charge on any atom is 0.317 e. The number of urea groups is 1. The molecule has 1 N–H and O–H groups in total. The molecule has 0 spiro atoms. The molecule has 4 heteroatoms. The lowest BCUT2D eigenvalue weighted by molar-refractivity contribution is 0.138. The first-order valence-electron chi connectivity index (χ1n) is 8.58. The summed E-state index contributed by atoms with van der Waals surface area (Å²) in [5.41, 5.74) is 1.27. The summed E-state index contributed by atoms with van der Waals surface area (Å²) in [7, 11) is 0. The van der Waals surface area contributed by atoms with Gasteiger partial charge in [0.1, 0.15) is 0 Å². The van der Waals surface area contributed by atoms with E-state index in [1.807, 2.05) is 23.1 Å². The average Bonchev–Trinajstić information content (AvgIpc) is 2.56. The fourth-order valence-electron chi connectivity index (χ4n) is 2.83. The van der Waals surface area contributed by atoms with Crippen molar-refractivity contribution in [1.29, 1.82) is 0 Å². The van der Waals surface area contributed by atoms with Crippen molar-refractivity contribution in [3.05, 3.63) is 35.9 Å². The molecule has 1 aliphatic rings. The van der Waals surface area contributed by atoms with Gasteiger partial charge in [0, 0.05) is 32.7 Å². The second-order valence-electron chi connectivity index (χ2n) is 6.00. The minimum absolute atomic E-state index is 0.0872. The molecule has 0 aliphatic carbocycles. The molecular formula is C18H29N3O. The van der Waals surface area contributed by atoms with E-state index in [9.17, 15) is 4.79 Å². The Balaban J connectivity index is 1.61. The predicted octanol–water partition coefficient (Wildman–Crippen LogP) is 2.75. The summed E-state index contributed by atoms with van der Waals surface area (Å²) >= 11 is 0. The molecule has 0 unspecified atom stereocenters. The Kier molecular flexibility index (Phi) is 7.23. The van der Waals surface area contributed by atoms with Crippen molar-refractivity contribution >= 4 is 6.03 Å². The van der Waals surface area contributed by atoms with Crippen LogP contribution in [0.4, 0.5) is 4.79 Å². The van der Waals surface area contributed by atoms with Gasteiger partial charge in [0.2, 0.25) is 0 Å². The van der Waals surface area contributed by atoms with Crippen LogP contribution in [0.1, 0.15) is 31.7 Å². The quantitative estimate of drug-likeness (QED) is 0.786. The number of nitrogens with zero attached hydrogens (tertiary/aromatic N) is 2. The van der Waals surface area contributed by atoms with Crippen LogP contribution in [0, 0.1) is 0 Å². The SMILES string of the molecule is CCCCCN1CCN(C(=O)NCCc2ccccc2)CC1. The number of carbonyl (C=O) groups is 1. The van der Waals surface area contributed by atoms with Crippen LogP contribution in [-0.2, 0) is 6.42 Å². The lowest BCUT2D eigenvalue weighted by atomic mass is 10.1. The number of unbranched alkanes of at least 4 members (excludes halogenated alkanes) is 2. The van der Waals surface area contributed by atoms with Gasteiger partial charge < -0.3 is 10.2 Å². The molecule has 0 bridgehead atoms. The molecule has 2 rings (SSSR count). The standard InChI is InChI=1S/C18H29N3O/c1-2-3-7-12-20-13-15-21(16-14-20)18(22)19-11-10-17-8-5-4-6-9-17/h4-6,8-9H,2-3,7,10-16H2,1H3,(H,19,22). The van der Waals surface area contributed by atoms with Gasteiger partial charge in [0.05, 0.1) is 0 Å². The van der Waals surface area contributed by atoms with E-state index in [-0.39, 0.29) is 6.03 Å². The molecule has 0 aromatic heterocycles. The number of hydrogen-bond donors (Lipinski definition) is 1. The number of carbonyl (C=O) groups excluding carboxylic acids is 1. The third kappa shape index (κ3) is 5.68.